The molecule has 1 saturated heterocycles. The Kier molecular flexibility index (Phi) is 5.68. The van der Waals surface area contributed by atoms with Crippen LogP contribution < -0.4 is 0 Å². The number of hydrogen-bond donors (Lipinski definition) is 0. The van der Waals surface area contributed by atoms with E-state index < -0.39 is 0 Å². The number of halogens is 2. The van der Waals surface area contributed by atoms with E-state index in [4.69, 9.17) is 27.7 Å². The minimum absolute atomic E-state index is 0.0765. The molecule has 3 aromatic rings. The van der Waals surface area contributed by atoms with Crippen molar-refractivity contribution in [3.8, 4) is 11.4 Å². The molecule has 28 heavy (non-hydrogen) atoms. The molecule has 1 aliphatic rings. The SMILES string of the molecule is Cc1ccccc1-c1noc(CN2CCN(C(=O)c3cc(Cl)sc3Cl)CC2)n1. The molecule has 2 aromatic heterocycles. The monoisotopic (exact) mass is 436 g/mol. The fraction of sp³-hybridized carbons (Fsp3) is 0.316. The summed E-state index contributed by atoms with van der Waals surface area (Å²) in [6.45, 7) is 5.26. The number of benzene rings is 1. The van der Waals surface area contributed by atoms with E-state index in [1.54, 1.807) is 11.0 Å². The highest BCUT2D eigenvalue weighted by Crippen LogP contribution is 2.32. The topological polar surface area (TPSA) is 62.5 Å². The fourth-order valence-electron chi connectivity index (χ4n) is 3.21. The Morgan fingerprint density at radius 2 is 1.96 bits per heavy atom. The van der Waals surface area contributed by atoms with Crippen molar-refractivity contribution in [2.24, 2.45) is 0 Å². The summed E-state index contributed by atoms with van der Waals surface area (Å²) < 4.78 is 6.38. The van der Waals surface area contributed by atoms with Crippen LogP contribution in [0.2, 0.25) is 8.67 Å². The van der Waals surface area contributed by atoms with Gasteiger partial charge in [0.05, 0.1) is 16.4 Å². The van der Waals surface area contributed by atoms with Crippen molar-refractivity contribution in [3.05, 3.63) is 56.0 Å². The lowest BCUT2D eigenvalue weighted by Crippen LogP contribution is -2.48. The summed E-state index contributed by atoms with van der Waals surface area (Å²) in [6.07, 6.45) is 0. The maximum absolute atomic E-state index is 12.6. The fourth-order valence-corrected chi connectivity index (χ4v) is 4.66. The van der Waals surface area contributed by atoms with Gasteiger partial charge in [0, 0.05) is 31.7 Å². The minimum Gasteiger partial charge on any atom is -0.338 e. The van der Waals surface area contributed by atoms with Crippen molar-refractivity contribution in [2.75, 3.05) is 26.2 Å². The molecule has 4 rings (SSSR count). The highest BCUT2D eigenvalue weighted by atomic mass is 35.5. The van der Waals surface area contributed by atoms with Crippen LogP contribution in [0.15, 0.2) is 34.9 Å². The van der Waals surface area contributed by atoms with Crippen molar-refractivity contribution in [2.45, 2.75) is 13.5 Å². The second kappa shape index (κ2) is 8.21. The van der Waals surface area contributed by atoms with Gasteiger partial charge in [-0.2, -0.15) is 4.98 Å². The predicted molar refractivity (Wildman–Crippen MR) is 110 cm³/mol. The van der Waals surface area contributed by atoms with Gasteiger partial charge in [-0.05, 0) is 18.6 Å². The van der Waals surface area contributed by atoms with Crippen molar-refractivity contribution < 1.29 is 9.32 Å². The molecule has 1 amide bonds. The molecule has 0 aliphatic carbocycles. The van der Waals surface area contributed by atoms with Crippen LogP contribution in [-0.4, -0.2) is 52.0 Å². The highest BCUT2D eigenvalue weighted by Gasteiger charge is 2.26. The van der Waals surface area contributed by atoms with Crippen LogP contribution in [0.1, 0.15) is 21.8 Å². The molecular formula is C19H18Cl2N4O2S. The van der Waals surface area contributed by atoms with Gasteiger partial charge in [-0.1, -0.05) is 52.6 Å². The summed E-state index contributed by atoms with van der Waals surface area (Å²) in [5, 5.41) is 4.10. The maximum Gasteiger partial charge on any atom is 0.256 e. The van der Waals surface area contributed by atoms with Gasteiger partial charge in [0.2, 0.25) is 11.7 Å². The predicted octanol–water partition coefficient (Wildman–Crippen LogP) is 4.37. The summed E-state index contributed by atoms with van der Waals surface area (Å²) in [5.41, 5.74) is 2.55. The van der Waals surface area contributed by atoms with Crippen LogP contribution >= 0.6 is 34.5 Å². The first kappa shape index (κ1) is 19.4. The third-order valence-electron chi connectivity index (χ3n) is 4.76. The number of carbonyl (C=O) groups is 1. The smallest absolute Gasteiger partial charge is 0.256 e. The van der Waals surface area contributed by atoms with Crippen LogP contribution in [0.5, 0.6) is 0 Å². The number of amides is 1. The summed E-state index contributed by atoms with van der Waals surface area (Å²) >= 11 is 13.3. The zero-order valence-corrected chi connectivity index (χ0v) is 17.5. The normalized spacial score (nSPS) is 15.2. The molecule has 0 saturated carbocycles. The lowest BCUT2D eigenvalue weighted by molar-refractivity contribution is 0.0616. The molecule has 146 valence electrons. The first-order valence-electron chi connectivity index (χ1n) is 8.86. The number of nitrogens with zero attached hydrogens (tertiary/aromatic N) is 4. The third-order valence-corrected chi connectivity index (χ3v) is 6.25. The zero-order chi connectivity index (χ0) is 19.7. The van der Waals surface area contributed by atoms with Gasteiger partial charge >= 0.3 is 0 Å². The first-order chi connectivity index (χ1) is 13.5. The Hall–Kier alpha value is -1.93. The molecule has 1 fully saturated rings. The Labute approximate surface area is 176 Å². The molecule has 0 unspecified atom stereocenters. The molecule has 0 N–H and O–H groups in total. The van der Waals surface area contributed by atoms with E-state index in [0.717, 1.165) is 24.2 Å². The molecule has 9 heteroatoms. The van der Waals surface area contributed by atoms with E-state index in [1.165, 1.54) is 11.3 Å². The van der Waals surface area contributed by atoms with E-state index in [0.29, 0.717) is 45.6 Å². The molecule has 0 spiro atoms. The summed E-state index contributed by atoms with van der Waals surface area (Å²) in [6, 6.07) is 9.58. The largest absolute Gasteiger partial charge is 0.338 e. The second-order valence-electron chi connectivity index (χ2n) is 6.63. The lowest BCUT2D eigenvalue weighted by atomic mass is 10.1. The van der Waals surface area contributed by atoms with E-state index in [1.807, 2.05) is 31.2 Å². The Morgan fingerprint density at radius 1 is 1.21 bits per heavy atom. The zero-order valence-electron chi connectivity index (χ0n) is 15.2. The van der Waals surface area contributed by atoms with Crippen LogP contribution in [0.3, 0.4) is 0 Å². The second-order valence-corrected chi connectivity index (χ2v) is 8.92. The summed E-state index contributed by atoms with van der Waals surface area (Å²) in [5.74, 6) is 1.10. The number of piperazine rings is 1. The number of aryl methyl sites for hydroxylation is 1. The number of thiophene rings is 1. The van der Waals surface area contributed by atoms with Gasteiger partial charge in [0.25, 0.3) is 5.91 Å². The molecular weight excluding hydrogens is 419 g/mol. The van der Waals surface area contributed by atoms with E-state index in [-0.39, 0.29) is 5.91 Å². The Morgan fingerprint density at radius 3 is 2.64 bits per heavy atom. The number of carbonyl (C=O) groups excluding carboxylic acids is 1. The average Bonchev–Trinajstić information content (AvgIpc) is 3.28. The quantitative estimate of drug-likeness (QED) is 0.607. The van der Waals surface area contributed by atoms with Gasteiger partial charge in [-0.15, -0.1) is 11.3 Å². The molecule has 0 atom stereocenters. The third kappa shape index (κ3) is 4.07. The molecule has 1 aliphatic heterocycles. The average molecular weight is 437 g/mol. The standard InChI is InChI=1S/C19H18Cl2N4O2S/c1-12-4-2-3-5-13(12)18-22-16(27-23-18)11-24-6-8-25(9-7-24)19(26)14-10-15(20)28-17(14)21/h2-5,10H,6-9,11H2,1H3. The van der Waals surface area contributed by atoms with Gasteiger partial charge in [0.15, 0.2) is 0 Å². The van der Waals surface area contributed by atoms with Gasteiger partial charge in [0.1, 0.15) is 4.34 Å². The van der Waals surface area contributed by atoms with Crippen molar-refractivity contribution in [1.29, 1.82) is 0 Å². The highest BCUT2D eigenvalue weighted by molar-refractivity contribution is 7.20. The molecule has 0 bridgehead atoms. The van der Waals surface area contributed by atoms with Crippen molar-refractivity contribution in [1.82, 2.24) is 19.9 Å². The Bertz CT molecular complexity index is 995. The van der Waals surface area contributed by atoms with Crippen LogP contribution in [-0.2, 0) is 6.54 Å². The van der Waals surface area contributed by atoms with E-state index in [2.05, 4.69) is 15.0 Å². The van der Waals surface area contributed by atoms with Crippen LogP contribution in [0.25, 0.3) is 11.4 Å². The maximum atomic E-state index is 12.6. The molecule has 6 nitrogen and oxygen atoms in total. The van der Waals surface area contributed by atoms with Gasteiger partial charge < -0.3 is 9.42 Å². The number of rotatable bonds is 4. The number of hydrogen-bond acceptors (Lipinski definition) is 6. The number of aromatic nitrogens is 2. The van der Waals surface area contributed by atoms with E-state index >= 15 is 0 Å². The first-order valence-corrected chi connectivity index (χ1v) is 10.4. The van der Waals surface area contributed by atoms with Crippen LogP contribution in [0, 0.1) is 6.92 Å². The summed E-state index contributed by atoms with van der Waals surface area (Å²) in [4.78, 5) is 21.1. The van der Waals surface area contributed by atoms with Crippen LogP contribution in [0.4, 0.5) is 0 Å². The minimum atomic E-state index is -0.0765. The van der Waals surface area contributed by atoms with Gasteiger partial charge in [-0.3, -0.25) is 9.69 Å². The summed E-state index contributed by atoms with van der Waals surface area (Å²) in [7, 11) is 0. The molecule has 1 aromatic carbocycles. The Balaban J connectivity index is 1.36. The van der Waals surface area contributed by atoms with Gasteiger partial charge in [-0.25, -0.2) is 0 Å². The lowest BCUT2D eigenvalue weighted by Gasteiger charge is -2.33. The van der Waals surface area contributed by atoms with Crippen molar-refractivity contribution in [3.63, 3.8) is 0 Å². The molecule has 3 heterocycles. The van der Waals surface area contributed by atoms with E-state index in [9.17, 15) is 4.79 Å². The molecule has 0 radical (unpaired) electrons. The van der Waals surface area contributed by atoms with Crippen molar-refractivity contribution >= 4 is 40.4 Å².